The maximum Gasteiger partial charge on any atom is 0.0462 e. The van der Waals surface area contributed by atoms with Gasteiger partial charge in [0.25, 0.3) is 0 Å². The van der Waals surface area contributed by atoms with E-state index in [9.17, 15) is 0 Å². The fourth-order valence-corrected chi connectivity index (χ4v) is 1.95. The SMILES string of the molecule is CCC(CC)(CCCOC)CNC(C)C. The number of nitrogens with one attached hydrogen (secondary N) is 1. The van der Waals surface area contributed by atoms with E-state index in [-0.39, 0.29) is 0 Å². The second-order valence-electron chi connectivity index (χ2n) is 4.84. The fourth-order valence-electron chi connectivity index (χ4n) is 1.95. The predicted octanol–water partition coefficient (Wildman–Crippen LogP) is 3.22. The zero-order valence-electron chi connectivity index (χ0n) is 11.2. The lowest BCUT2D eigenvalue weighted by Crippen LogP contribution is -2.37. The van der Waals surface area contributed by atoms with Gasteiger partial charge in [0.15, 0.2) is 0 Å². The van der Waals surface area contributed by atoms with E-state index in [1.165, 1.54) is 25.7 Å². The molecule has 2 nitrogen and oxygen atoms in total. The number of hydrogen-bond donors (Lipinski definition) is 1. The van der Waals surface area contributed by atoms with Gasteiger partial charge < -0.3 is 10.1 Å². The number of rotatable bonds is 9. The number of ether oxygens (including phenoxy) is 1. The molecule has 2 heteroatoms. The lowest BCUT2D eigenvalue weighted by molar-refractivity contribution is 0.154. The van der Waals surface area contributed by atoms with Crippen LogP contribution in [-0.2, 0) is 4.74 Å². The van der Waals surface area contributed by atoms with Gasteiger partial charge >= 0.3 is 0 Å². The molecule has 0 saturated heterocycles. The summed E-state index contributed by atoms with van der Waals surface area (Å²) < 4.78 is 5.13. The Morgan fingerprint density at radius 2 is 1.80 bits per heavy atom. The summed E-state index contributed by atoms with van der Waals surface area (Å²) in [6.07, 6.45) is 4.96. The first-order chi connectivity index (χ1) is 7.10. The normalized spacial score (nSPS) is 12.4. The van der Waals surface area contributed by atoms with Crippen LogP contribution in [0.1, 0.15) is 53.4 Å². The molecule has 0 amide bonds. The fraction of sp³-hybridized carbons (Fsp3) is 1.00. The standard InChI is InChI=1S/C13H29NO/c1-6-13(7-2,9-8-10-15-5)11-14-12(3)4/h12,14H,6-11H2,1-5H3. The molecule has 0 aromatic rings. The minimum Gasteiger partial charge on any atom is -0.385 e. The van der Waals surface area contributed by atoms with Gasteiger partial charge in [0.1, 0.15) is 0 Å². The molecular formula is C13H29NO. The third kappa shape index (κ3) is 6.16. The highest BCUT2D eigenvalue weighted by Gasteiger charge is 2.25. The summed E-state index contributed by atoms with van der Waals surface area (Å²) in [5.41, 5.74) is 0.475. The van der Waals surface area contributed by atoms with Gasteiger partial charge in [0.2, 0.25) is 0 Å². The van der Waals surface area contributed by atoms with E-state index in [0.717, 1.165) is 13.2 Å². The van der Waals surface area contributed by atoms with Gasteiger partial charge in [-0.1, -0.05) is 27.7 Å². The van der Waals surface area contributed by atoms with Gasteiger partial charge in [-0.05, 0) is 31.1 Å². The van der Waals surface area contributed by atoms with Crippen LogP contribution < -0.4 is 5.32 Å². The molecule has 0 aliphatic carbocycles. The molecule has 0 aromatic heterocycles. The average molecular weight is 215 g/mol. The summed E-state index contributed by atoms with van der Waals surface area (Å²) in [6.45, 7) is 11.1. The molecule has 0 unspecified atom stereocenters. The van der Waals surface area contributed by atoms with Crippen LogP contribution >= 0.6 is 0 Å². The van der Waals surface area contributed by atoms with E-state index in [4.69, 9.17) is 4.74 Å². The first-order valence-corrected chi connectivity index (χ1v) is 6.32. The summed E-state index contributed by atoms with van der Waals surface area (Å²) >= 11 is 0. The van der Waals surface area contributed by atoms with Gasteiger partial charge in [-0.3, -0.25) is 0 Å². The maximum absolute atomic E-state index is 5.13. The molecule has 1 N–H and O–H groups in total. The molecule has 0 aromatic carbocycles. The van der Waals surface area contributed by atoms with E-state index in [1.807, 2.05) is 0 Å². The lowest BCUT2D eigenvalue weighted by atomic mass is 9.78. The van der Waals surface area contributed by atoms with Crippen LogP contribution in [-0.4, -0.2) is 26.3 Å². The van der Waals surface area contributed by atoms with Crippen LogP contribution in [0, 0.1) is 5.41 Å². The van der Waals surface area contributed by atoms with Crippen LogP contribution in [0.15, 0.2) is 0 Å². The smallest absolute Gasteiger partial charge is 0.0462 e. The van der Waals surface area contributed by atoms with Crippen molar-refractivity contribution in [2.75, 3.05) is 20.3 Å². The second-order valence-corrected chi connectivity index (χ2v) is 4.84. The van der Waals surface area contributed by atoms with E-state index in [1.54, 1.807) is 7.11 Å². The van der Waals surface area contributed by atoms with Crippen molar-refractivity contribution in [2.24, 2.45) is 5.41 Å². The van der Waals surface area contributed by atoms with Crippen LogP contribution in [0.5, 0.6) is 0 Å². The molecule has 0 atom stereocenters. The largest absolute Gasteiger partial charge is 0.385 e. The average Bonchev–Trinajstić information content (AvgIpc) is 2.23. The Labute approximate surface area is 95.8 Å². The van der Waals surface area contributed by atoms with Crippen LogP contribution in [0.25, 0.3) is 0 Å². The monoisotopic (exact) mass is 215 g/mol. The maximum atomic E-state index is 5.13. The number of hydrogen-bond acceptors (Lipinski definition) is 2. The van der Waals surface area contributed by atoms with Gasteiger partial charge in [-0.25, -0.2) is 0 Å². The molecule has 0 radical (unpaired) electrons. The minimum absolute atomic E-state index is 0.475. The summed E-state index contributed by atoms with van der Waals surface area (Å²) in [6, 6.07) is 0.588. The van der Waals surface area contributed by atoms with Crippen molar-refractivity contribution in [2.45, 2.75) is 59.4 Å². The quantitative estimate of drug-likeness (QED) is 0.596. The lowest BCUT2D eigenvalue weighted by Gasteiger charge is -2.33. The van der Waals surface area contributed by atoms with Gasteiger partial charge in [0.05, 0.1) is 0 Å². The Kier molecular flexibility index (Phi) is 8.07. The van der Waals surface area contributed by atoms with Gasteiger partial charge in [-0.2, -0.15) is 0 Å². The molecule has 0 bridgehead atoms. The highest BCUT2D eigenvalue weighted by Crippen LogP contribution is 2.31. The zero-order valence-corrected chi connectivity index (χ0v) is 11.2. The van der Waals surface area contributed by atoms with Gasteiger partial charge in [0, 0.05) is 26.3 Å². The highest BCUT2D eigenvalue weighted by atomic mass is 16.5. The van der Waals surface area contributed by atoms with E-state index in [2.05, 4.69) is 33.0 Å². The second kappa shape index (κ2) is 8.12. The van der Waals surface area contributed by atoms with Crippen molar-refractivity contribution >= 4 is 0 Å². The molecule has 0 aliphatic rings. The van der Waals surface area contributed by atoms with Crippen LogP contribution in [0.4, 0.5) is 0 Å². The molecule has 0 aliphatic heterocycles. The molecule has 92 valence electrons. The molecule has 0 saturated carbocycles. The minimum atomic E-state index is 0.475. The molecule has 0 spiro atoms. The molecule has 0 fully saturated rings. The van der Waals surface area contributed by atoms with E-state index < -0.39 is 0 Å². The highest BCUT2D eigenvalue weighted by molar-refractivity contribution is 4.79. The van der Waals surface area contributed by atoms with Gasteiger partial charge in [-0.15, -0.1) is 0 Å². The Hall–Kier alpha value is -0.0800. The summed E-state index contributed by atoms with van der Waals surface area (Å²) in [5, 5.41) is 3.57. The zero-order chi connectivity index (χ0) is 11.7. The molecule has 15 heavy (non-hydrogen) atoms. The summed E-state index contributed by atoms with van der Waals surface area (Å²) in [7, 11) is 1.78. The Morgan fingerprint density at radius 1 is 1.20 bits per heavy atom. The van der Waals surface area contributed by atoms with Crippen LogP contribution in [0.2, 0.25) is 0 Å². The van der Waals surface area contributed by atoms with E-state index >= 15 is 0 Å². The number of methoxy groups -OCH3 is 1. The Morgan fingerprint density at radius 3 is 2.20 bits per heavy atom. The van der Waals surface area contributed by atoms with Crippen molar-refractivity contribution < 1.29 is 4.74 Å². The van der Waals surface area contributed by atoms with Crippen molar-refractivity contribution in [3.63, 3.8) is 0 Å². The topological polar surface area (TPSA) is 21.3 Å². The van der Waals surface area contributed by atoms with Crippen LogP contribution in [0.3, 0.4) is 0 Å². The Bertz CT molecular complexity index is 141. The third-order valence-corrected chi connectivity index (χ3v) is 3.44. The third-order valence-electron chi connectivity index (χ3n) is 3.44. The molecule has 0 heterocycles. The Balaban J connectivity index is 4.05. The molecule has 0 rings (SSSR count). The van der Waals surface area contributed by atoms with Crippen molar-refractivity contribution in [1.29, 1.82) is 0 Å². The summed E-state index contributed by atoms with van der Waals surface area (Å²) in [5.74, 6) is 0. The predicted molar refractivity (Wildman–Crippen MR) is 67.3 cm³/mol. The summed E-state index contributed by atoms with van der Waals surface area (Å²) in [4.78, 5) is 0. The van der Waals surface area contributed by atoms with E-state index in [0.29, 0.717) is 11.5 Å². The molecular weight excluding hydrogens is 186 g/mol. The first-order valence-electron chi connectivity index (χ1n) is 6.32. The first kappa shape index (κ1) is 14.9. The van der Waals surface area contributed by atoms with Crippen molar-refractivity contribution in [3.05, 3.63) is 0 Å². The van der Waals surface area contributed by atoms with Crippen molar-refractivity contribution in [3.8, 4) is 0 Å². The van der Waals surface area contributed by atoms with Crippen molar-refractivity contribution in [1.82, 2.24) is 5.32 Å².